The van der Waals surface area contributed by atoms with Gasteiger partial charge in [-0.2, -0.15) is 0 Å². The molecule has 2 aromatic rings. The van der Waals surface area contributed by atoms with Crippen LogP contribution in [0.15, 0.2) is 48.5 Å². The smallest absolute Gasteiger partial charge is 0.330 e. The third-order valence-electron chi connectivity index (χ3n) is 3.33. The number of benzene rings is 2. The summed E-state index contributed by atoms with van der Waals surface area (Å²) in [6, 6.07) is 11.9. The van der Waals surface area contributed by atoms with Crippen LogP contribution in [0.5, 0.6) is 5.75 Å². The Morgan fingerprint density at radius 2 is 1.91 bits per heavy atom. The van der Waals surface area contributed by atoms with Crippen molar-refractivity contribution < 1.29 is 18.7 Å². The average molecular weight is 300 g/mol. The first-order chi connectivity index (χ1) is 10.5. The zero-order valence-electron chi connectivity index (χ0n) is 12.7. The van der Waals surface area contributed by atoms with Gasteiger partial charge in [0.15, 0.2) is 0 Å². The van der Waals surface area contributed by atoms with Crippen LogP contribution >= 0.6 is 0 Å². The summed E-state index contributed by atoms with van der Waals surface area (Å²) in [5.74, 6) is -0.151. The number of allylic oxidation sites excluding steroid dienone is 1. The summed E-state index contributed by atoms with van der Waals surface area (Å²) < 4.78 is 23.4. The molecule has 0 N–H and O–H groups in total. The van der Waals surface area contributed by atoms with Crippen molar-refractivity contribution >= 4 is 11.5 Å². The van der Waals surface area contributed by atoms with Crippen molar-refractivity contribution in [3.63, 3.8) is 0 Å². The van der Waals surface area contributed by atoms with E-state index in [-0.39, 0.29) is 5.82 Å². The molecular formula is C18H17FO3. The van der Waals surface area contributed by atoms with Crippen molar-refractivity contribution in [2.24, 2.45) is 0 Å². The Hall–Kier alpha value is -2.62. The second-order valence-electron chi connectivity index (χ2n) is 4.78. The van der Waals surface area contributed by atoms with Crippen LogP contribution < -0.4 is 4.74 Å². The van der Waals surface area contributed by atoms with Crippen LogP contribution in [0.4, 0.5) is 4.39 Å². The van der Waals surface area contributed by atoms with Gasteiger partial charge >= 0.3 is 5.97 Å². The van der Waals surface area contributed by atoms with Crippen LogP contribution in [0.3, 0.4) is 0 Å². The van der Waals surface area contributed by atoms with Gasteiger partial charge in [-0.25, -0.2) is 9.18 Å². The number of ether oxygens (including phenoxy) is 2. The van der Waals surface area contributed by atoms with E-state index in [4.69, 9.17) is 4.74 Å². The van der Waals surface area contributed by atoms with Crippen LogP contribution in [0.2, 0.25) is 0 Å². The minimum absolute atomic E-state index is 0.331. The van der Waals surface area contributed by atoms with Crippen LogP contribution in [-0.2, 0) is 9.53 Å². The Bertz CT molecular complexity index is 720. The molecule has 0 heterocycles. The summed E-state index contributed by atoms with van der Waals surface area (Å²) >= 11 is 0. The topological polar surface area (TPSA) is 35.5 Å². The summed E-state index contributed by atoms with van der Waals surface area (Å²) in [6.45, 7) is 1.82. The maximum atomic E-state index is 13.5. The van der Waals surface area contributed by atoms with E-state index >= 15 is 0 Å². The predicted molar refractivity (Wildman–Crippen MR) is 84.1 cm³/mol. The van der Waals surface area contributed by atoms with Gasteiger partial charge in [0.05, 0.1) is 14.2 Å². The van der Waals surface area contributed by atoms with E-state index < -0.39 is 5.97 Å². The van der Waals surface area contributed by atoms with Gasteiger partial charge in [-0.3, -0.25) is 0 Å². The van der Waals surface area contributed by atoms with E-state index in [0.29, 0.717) is 11.3 Å². The molecule has 0 amide bonds. The van der Waals surface area contributed by atoms with Gasteiger partial charge in [0.1, 0.15) is 11.6 Å². The molecule has 0 spiro atoms. The lowest BCUT2D eigenvalue weighted by molar-refractivity contribution is -0.134. The Labute approximate surface area is 129 Å². The third kappa shape index (κ3) is 3.52. The first-order valence-corrected chi connectivity index (χ1v) is 6.75. The highest BCUT2D eigenvalue weighted by Gasteiger charge is 2.09. The van der Waals surface area contributed by atoms with E-state index in [0.717, 1.165) is 16.7 Å². The lowest BCUT2D eigenvalue weighted by Gasteiger charge is -2.10. The molecule has 114 valence electrons. The fraction of sp³-hybridized carbons (Fsp3) is 0.167. The monoisotopic (exact) mass is 300 g/mol. The van der Waals surface area contributed by atoms with Crippen molar-refractivity contribution in [3.05, 3.63) is 59.9 Å². The summed E-state index contributed by atoms with van der Waals surface area (Å²) in [4.78, 5) is 11.3. The van der Waals surface area contributed by atoms with Gasteiger partial charge in [0.2, 0.25) is 0 Å². The molecule has 0 saturated carbocycles. The van der Waals surface area contributed by atoms with Gasteiger partial charge in [0.25, 0.3) is 0 Å². The molecule has 2 rings (SSSR count). The first kappa shape index (κ1) is 15.8. The number of carbonyl (C=O) groups excluding carboxylic acids is 1. The van der Waals surface area contributed by atoms with Gasteiger partial charge < -0.3 is 9.47 Å². The Balaban J connectivity index is 2.47. The molecule has 0 atom stereocenters. The van der Waals surface area contributed by atoms with Gasteiger partial charge in [-0.05, 0) is 47.9 Å². The van der Waals surface area contributed by atoms with E-state index in [2.05, 4.69) is 4.74 Å². The molecule has 0 fully saturated rings. The molecule has 0 aliphatic rings. The van der Waals surface area contributed by atoms with E-state index in [1.54, 1.807) is 13.2 Å². The van der Waals surface area contributed by atoms with Crippen molar-refractivity contribution in [3.8, 4) is 16.9 Å². The lowest BCUT2D eigenvalue weighted by atomic mass is 9.99. The number of rotatable bonds is 4. The minimum Gasteiger partial charge on any atom is -0.496 e. The number of methoxy groups -OCH3 is 2. The molecule has 4 heteroatoms. The third-order valence-corrected chi connectivity index (χ3v) is 3.33. The standard InChI is InChI=1S/C18H17FO3/c1-12(9-18(20)22-3)13-5-4-6-14(10-13)16-11-15(19)7-8-17(16)21-2/h4-11H,1-3H3/b12-9+. The summed E-state index contributed by atoms with van der Waals surface area (Å²) in [6.07, 6.45) is 1.42. The van der Waals surface area contributed by atoms with E-state index in [1.165, 1.54) is 25.3 Å². The highest BCUT2D eigenvalue weighted by Crippen LogP contribution is 2.32. The van der Waals surface area contributed by atoms with Gasteiger partial charge in [-0.1, -0.05) is 18.2 Å². The Morgan fingerprint density at radius 3 is 2.59 bits per heavy atom. The SMILES string of the molecule is COC(=O)/C=C(\C)c1cccc(-c2cc(F)ccc2OC)c1. The molecule has 0 bridgehead atoms. The molecule has 0 saturated heterocycles. The largest absolute Gasteiger partial charge is 0.496 e. The number of hydrogen-bond donors (Lipinski definition) is 0. The van der Waals surface area contributed by atoms with Crippen molar-refractivity contribution in [1.29, 1.82) is 0 Å². The highest BCUT2D eigenvalue weighted by molar-refractivity contribution is 5.91. The van der Waals surface area contributed by atoms with Gasteiger partial charge in [-0.15, -0.1) is 0 Å². The molecular weight excluding hydrogens is 283 g/mol. The number of esters is 1. The molecule has 0 aliphatic carbocycles. The summed E-state index contributed by atoms with van der Waals surface area (Å²) in [5, 5.41) is 0. The Kier molecular flexibility index (Phi) is 4.94. The first-order valence-electron chi connectivity index (χ1n) is 6.75. The zero-order chi connectivity index (χ0) is 16.1. The second kappa shape index (κ2) is 6.89. The minimum atomic E-state index is -0.411. The molecule has 0 unspecified atom stereocenters. The van der Waals surface area contributed by atoms with Crippen LogP contribution in [0.25, 0.3) is 16.7 Å². The summed E-state index contributed by atoms with van der Waals surface area (Å²) in [5.41, 5.74) is 3.10. The molecule has 0 aromatic heterocycles. The second-order valence-corrected chi connectivity index (χ2v) is 4.78. The van der Waals surface area contributed by atoms with Crippen molar-refractivity contribution in [1.82, 2.24) is 0 Å². The van der Waals surface area contributed by atoms with Gasteiger partial charge in [0, 0.05) is 11.6 Å². The molecule has 0 aliphatic heterocycles. The summed E-state index contributed by atoms with van der Waals surface area (Å²) in [7, 11) is 2.88. The molecule has 0 radical (unpaired) electrons. The zero-order valence-corrected chi connectivity index (χ0v) is 12.7. The quantitative estimate of drug-likeness (QED) is 0.630. The highest BCUT2D eigenvalue weighted by atomic mass is 19.1. The van der Waals surface area contributed by atoms with Crippen LogP contribution in [-0.4, -0.2) is 20.2 Å². The molecule has 22 heavy (non-hydrogen) atoms. The Morgan fingerprint density at radius 1 is 1.14 bits per heavy atom. The molecule has 2 aromatic carbocycles. The fourth-order valence-corrected chi connectivity index (χ4v) is 2.16. The average Bonchev–Trinajstić information content (AvgIpc) is 2.54. The molecule has 3 nitrogen and oxygen atoms in total. The van der Waals surface area contributed by atoms with E-state index in [9.17, 15) is 9.18 Å². The van der Waals surface area contributed by atoms with Crippen molar-refractivity contribution in [2.45, 2.75) is 6.92 Å². The van der Waals surface area contributed by atoms with E-state index in [1.807, 2.05) is 31.2 Å². The van der Waals surface area contributed by atoms with Crippen LogP contribution in [0, 0.1) is 5.82 Å². The maximum Gasteiger partial charge on any atom is 0.330 e. The fourth-order valence-electron chi connectivity index (χ4n) is 2.16. The lowest BCUT2D eigenvalue weighted by Crippen LogP contribution is -1.96. The normalized spacial score (nSPS) is 11.2. The maximum absolute atomic E-state index is 13.5. The predicted octanol–water partition coefficient (Wildman–Crippen LogP) is 4.08. The number of hydrogen-bond acceptors (Lipinski definition) is 3. The number of carbonyl (C=O) groups is 1. The number of halogens is 1. The van der Waals surface area contributed by atoms with Crippen LogP contribution in [0.1, 0.15) is 12.5 Å². The van der Waals surface area contributed by atoms with Crippen molar-refractivity contribution in [2.75, 3.05) is 14.2 Å².